The fourth-order valence-electron chi connectivity index (χ4n) is 4.78. The highest BCUT2D eigenvalue weighted by Gasteiger charge is 2.32. The van der Waals surface area contributed by atoms with Crippen LogP contribution in [0.1, 0.15) is 46.2 Å². The van der Waals surface area contributed by atoms with Gasteiger partial charge in [-0.1, -0.05) is 30.3 Å². The molecular formula is C23H29N2O3S+. The van der Waals surface area contributed by atoms with Crippen molar-refractivity contribution in [3.8, 4) is 0 Å². The SMILES string of the molecule is Cc1cc(C(=O)C[NH+]2CC=C(c3ccccc3)CC2)c(C)n1[C@H]1CCS(=O)(=O)C1. The number of hydrogen-bond donors (Lipinski definition) is 1. The third kappa shape index (κ3) is 4.23. The van der Waals surface area contributed by atoms with Crippen LogP contribution in [0.15, 0.2) is 42.5 Å². The lowest BCUT2D eigenvalue weighted by molar-refractivity contribution is -0.886. The van der Waals surface area contributed by atoms with Gasteiger partial charge in [-0.2, -0.15) is 0 Å². The second kappa shape index (κ2) is 7.92. The Morgan fingerprint density at radius 1 is 1.21 bits per heavy atom. The number of carbonyl (C=O) groups excluding carboxylic acids is 1. The van der Waals surface area contributed by atoms with E-state index in [-0.39, 0.29) is 23.3 Å². The normalized spacial score (nSPS) is 23.7. The van der Waals surface area contributed by atoms with E-state index in [4.69, 9.17) is 0 Å². The maximum absolute atomic E-state index is 13.0. The molecule has 0 spiro atoms. The average molecular weight is 414 g/mol. The van der Waals surface area contributed by atoms with Gasteiger partial charge in [0.25, 0.3) is 0 Å². The molecule has 1 fully saturated rings. The highest BCUT2D eigenvalue weighted by molar-refractivity contribution is 7.91. The van der Waals surface area contributed by atoms with E-state index in [9.17, 15) is 13.2 Å². The molecule has 1 aromatic heterocycles. The monoisotopic (exact) mass is 413 g/mol. The average Bonchev–Trinajstić information content (AvgIpc) is 3.21. The van der Waals surface area contributed by atoms with Crippen molar-refractivity contribution in [1.29, 1.82) is 0 Å². The van der Waals surface area contributed by atoms with E-state index in [1.165, 1.54) is 16.0 Å². The molecule has 5 nitrogen and oxygen atoms in total. The van der Waals surface area contributed by atoms with E-state index in [0.717, 1.165) is 36.5 Å². The van der Waals surface area contributed by atoms with Gasteiger partial charge in [0.05, 0.1) is 24.6 Å². The molecule has 4 rings (SSSR count). The molecule has 0 bridgehead atoms. The first-order chi connectivity index (χ1) is 13.8. The van der Waals surface area contributed by atoms with E-state index < -0.39 is 9.84 Å². The molecule has 29 heavy (non-hydrogen) atoms. The number of hydrogen-bond acceptors (Lipinski definition) is 3. The smallest absolute Gasteiger partial charge is 0.218 e. The van der Waals surface area contributed by atoms with Crippen LogP contribution in [0.3, 0.4) is 0 Å². The molecule has 3 heterocycles. The van der Waals surface area contributed by atoms with Gasteiger partial charge in [0.2, 0.25) is 5.78 Å². The van der Waals surface area contributed by atoms with Crippen LogP contribution >= 0.6 is 0 Å². The van der Waals surface area contributed by atoms with Gasteiger partial charge in [-0.05, 0) is 43.5 Å². The maximum atomic E-state index is 13.0. The van der Waals surface area contributed by atoms with Crippen LogP contribution in [0.25, 0.3) is 5.57 Å². The van der Waals surface area contributed by atoms with Crippen LogP contribution in [-0.2, 0) is 9.84 Å². The molecule has 6 heteroatoms. The number of aromatic nitrogens is 1. The lowest BCUT2D eigenvalue weighted by atomic mass is 9.99. The van der Waals surface area contributed by atoms with Gasteiger partial charge >= 0.3 is 0 Å². The lowest BCUT2D eigenvalue weighted by Crippen LogP contribution is -3.13. The molecule has 2 aliphatic heterocycles. The van der Waals surface area contributed by atoms with Gasteiger partial charge in [-0.25, -0.2) is 8.42 Å². The number of ketones is 1. The van der Waals surface area contributed by atoms with E-state index in [1.807, 2.05) is 26.0 Å². The Bertz CT molecular complexity index is 1050. The van der Waals surface area contributed by atoms with Crippen molar-refractivity contribution in [1.82, 2.24) is 4.57 Å². The van der Waals surface area contributed by atoms with Crippen molar-refractivity contribution in [2.75, 3.05) is 31.1 Å². The highest BCUT2D eigenvalue weighted by atomic mass is 32.2. The summed E-state index contributed by atoms with van der Waals surface area (Å²) >= 11 is 0. The molecule has 1 aromatic carbocycles. The number of quaternary nitrogens is 1. The third-order valence-electron chi connectivity index (χ3n) is 6.30. The summed E-state index contributed by atoms with van der Waals surface area (Å²) in [7, 11) is -2.96. The number of rotatable bonds is 5. The van der Waals surface area contributed by atoms with E-state index in [0.29, 0.717) is 13.0 Å². The van der Waals surface area contributed by atoms with Crippen molar-refractivity contribution in [2.24, 2.45) is 0 Å². The molecule has 154 valence electrons. The molecule has 2 atom stereocenters. The zero-order valence-corrected chi connectivity index (χ0v) is 18.0. The Labute approximate surface area is 172 Å². The summed E-state index contributed by atoms with van der Waals surface area (Å²) in [5, 5.41) is 0. The maximum Gasteiger partial charge on any atom is 0.218 e. The van der Waals surface area contributed by atoms with Crippen molar-refractivity contribution in [2.45, 2.75) is 32.7 Å². The number of benzene rings is 1. The van der Waals surface area contributed by atoms with Gasteiger partial charge < -0.3 is 9.47 Å². The van der Waals surface area contributed by atoms with Gasteiger partial charge in [0.1, 0.15) is 6.54 Å². The summed E-state index contributed by atoms with van der Waals surface area (Å²) in [5.41, 5.74) is 5.27. The molecular weight excluding hydrogens is 384 g/mol. The Kier molecular flexibility index (Phi) is 5.49. The Morgan fingerprint density at radius 2 is 1.97 bits per heavy atom. The first kappa shape index (κ1) is 20.1. The number of nitrogens with zero attached hydrogens (tertiary/aromatic N) is 1. The van der Waals surface area contributed by atoms with Crippen molar-refractivity contribution >= 4 is 21.2 Å². The molecule has 0 aliphatic carbocycles. The second-order valence-electron chi connectivity index (χ2n) is 8.36. The number of carbonyl (C=O) groups is 1. The topological polar surface area (TPSA) is 60.6 Å². The Balaban J connectivity index is 1.45. The fraction of sp³-hybridized carbons (Fsp3) is 0.435. The minimum absolute atomic E-state index is 0.0414. The predicted molar refractivity (Wildman–Crippen MR) is 115 cm³/mol. The van der Waals surface area contributed by atoms with E-state index in [1.54, 1.807) is 0 Å². The van der Waals surface area contributed by atoms with Gasteiger partial charge in [0, 0.05) is 29.4 Å². The number of nitrogens with one attached hydrogen (secondary N) is 1. The molecule has 2 aliphatic rings. The molecule has 1 unspecified atom stereocenters. The molecule has 0 amide bonds. The van der Waals surface area contributed by atoms with Gasteiger partial charge in [-0.3, -0.25) is 4.79 Å². The Morgan fingerprint density at radius 3 is 2.59 bits per heavy atom. The summed E-state index contributed by atoms with van der Waals surface area (Å²) in [6.45, 7) is 6.20. The molecule has 2 aromatic rings. The summed E-state index contributed by atoms with van der Waals surface area (Å²) in [4.78, 5) is 14.3. The lowest BCUT2D eigenvalue weighted by Gasteiger charge is -2.23. The van der Waals surface area contributed by atoms with Crippen LogP contribution in [-0.4, -0.2) is 49.9 Å². The fourth-order valence-corrected chi connectivity index (χ4v) is 6.48. The first-order valence-corrected chi connectivity index (χ1v) is 12.2. The quantitative estimate of drug-likeness (QED) is 0.763. The number of Topliss-reactive ketones (excluding diaryl/α,β-unsaturated/α-hetero) is 1. The largest absolute Gasteiger partial charge is 0.344 e. The van der Waals surface area contributed by atoms with Gasteiger partial charge in [0.15, 0.2) is 9.84 Å². The van der Waals surface area contributed by atoms with Crippen molar-refractivity contribution < 1.29 is 18.1 Å². The Hall–Kier alpha value is -2.18. The molecule has 1 N–H and O–H groups in total. The summed E-state index contributed by atoms with van der Waals surface area (Å²) in [6.07, 6.45) is 3.87. The number of sulfone groups is 1. The van der Waals surface area contributed by atoms with Crippen molar-refractivity contribution in [3.63, 3.8) is 0 Å². The van der Waals surface area contributed by atoms with Crippen molar-refractivity contribution in [3.05, 3.63) is 65.0 Å². The van der Waals surface area contributed by atoms with Crippen LogP contribution in [0.4, 0.5) is 0 Å². The van der Waals surface area contributed by atoms with E-state index >= 15 is 0 Å². The van der Waals surface area contributed by atoms with Gasteiger partial charge in [-0.15, -0.1) is 0 Å². The predicted octanol–water partition coefficient (Wildman–Crippen LogP) is 2.02. The second-order valence-corrected chi connectivity index (χ2v) is 10.6. The number of aryl methyl sites for hydroxylation is 1. The summed E-state index contributed by atoms with van der Waals surface area (Å²) < 4.78 is 25.8. The summed E-state index contributed by atoms with van der Waals surface area (Å²) in [5.74, 6) is 0.574. The minimum Gasteiger partial charge on any atom is -0.344 e. The van der Waals surface area contributed by atoms with Crippen LogP contribution in [0.2, 0.25) is 0 Å². The molecule has 0 radical (unpaired) electrons. The zero-order chi connectivity index (χ0) is 20.6. The standard InChI is InChI=1S/C23H28N2O3S/c1-17-14-22(18(2)25(17)21-10-13-29(27,28)16-21)23(26)15-24-11-8-20(9-12-24)19-6-4-3-5-7-19/h3-8,14,21H,9-13,15-16H2,1-2H3/p+1/t21-/m0/s1. The van der Waals surface area contributed by atoms with Crippen LogP contribution < -0.4 is 4.90 Å². The van der Waals surface area contributed by atoms with Crippen LogP contribution in [0.5, 0.6) is 0 Å². The summed E-state index contributed by atoms with van der Waals surface area (Å²) in [6, 6.07) is 12.3. The highest BCUT2D eigenvalue weighted by Crippen LogP contribution is 2.29. The minimum atomic E-state index is -2.96. The van der Waals surface area contributed by atoms with E-state index in [2.05, 4.69) is 34.9 Å². The third-order valence-corrected chi connectivity index (χ3v) is 8.05. The molecule has 1 saturated heterocycles. The zero-order valence-electron chi connectivity index (χ0n) is 17.1. The van der Waals surface area contributed by atoms with Crippen LogP contribution in [0, 0.1) is 13.8 Å². The first-order valence-electron chi connectivity index (χ1n) is 10.3. The molecule has 0 saturated carbocycles.